The van der Waals surface area contributed by atoms with E-state index in [0.717, 1.165) is 37.0 Å². The van der Waals surface area contributed by atoms with Gasteiger partial charge in [-0.2, -0.15) is 5.10 Å². The molecule has 1 aliphatic carbocycles. The zero-order valence-corrected chi connectivity index (χ0v) is 19.3. The Bertz CT molecular complexity index is 1040. The molecule has 184 valence electrons. The number of fused-ring (bicyclic) bond motifs is 1. The van der Waals surface area contributed by atoms with Gasteiger partial charge in [0.15, 0.2) is 0 Å². The Balaban J connectivity index is 1.27. The SMILES string of the molecule is O=C1CCN(c2cnn3ccc(CN4CCN(CC5CCCCC5)[C@@H](C(F)F)C4)cc23)C(=O)N1. The summed E-state index contributed by atoms with van der Waals surface area (Å²) in [5.74, 6) is 0.265. The molecule has 1 saturated carbocycles. The molecule has 2 saturated heterocycles. The summed E-state index contributed by atoms with van der Waals surface area (Å²) in [5, 5.41) is 6.66. The highest BCUT2D eigenvalue weighted by Gasteiger charge is 2.35. The second-order valence-electron chi connectivity index (χ2n) is 9.79. The molecule has 1 atom stereocenters. The topological polar surface area (TPSA) is 73.2 Å². The largest absolute Gasteiger partial charge is 0.328 e. The average molecular weight is 475 g/mol. The third-order valence-electron chi connectivity index (χ3n) is 7.44. The number of urea groups is 1. The van der Waals surface area contributed by atoms with Crippen LogP contribution in [0.1, 0.15) is 44.1 Å². The van der Waals surface area contributed by atoms with Gasteiger partial charge in [-0.1, -0.05) is 19.3 Å². The van der Waals surface area contributed by atoms with Gasteiger partial charge < -0.3 is 0 Å². The Kier molecular flexibility index (Phi) is 6.78. The fourth-order valence-electron chi connectivity index (χ4n) is 5.59. The van der Waals surface area contributed by atoms with Gasteiger partial charge in [0.05, 0.1) is 23.4 Å². The molecule has 0 radical (unpaired) electrons. The molecule has 0 spiro atoms. The van der Waals surface area contributed by atoms with Crippen molar-refractivity contribution >= 4 is 23.1 Å². The summed E-state index contributed by atoms with van der Waals surface area (Å²) in [6, 6.07) is 2.71. The summed E-state index contributed by atoms with van der Waals surface area (Å²) in [5.41, 5.74) is 2.37. The minimum Gasteiger partial charge on any atom is -0.296 e. The quantitative estimate of drug-likeness (QED) is 0.697. The van der Waals surface area contributed by atoms with Crippen molar-refractivity contribution < 1.29 is 18.4 Å². The summed E-state index contributed by atoms with van der Waals surface area (Å²) in [6.45, 7) is 3.41. The van der Waals surface area contributed by atoms with Crippen molar-refractivity contribution in [3.05, 3.63) is 30.1 Å². The van der Waals surface area contributed by atoms with Crippen LogP contribution in [0.25, 0.3) is 5.52 Å². The standard InChI is InChI=1S/C24H32F2N6O2/c25-23(26)21-16-29(10-11-30(21)15-17-4-2-1-3-5-17)14-18-6-9-32-19(12-18)20(13-27-32)31-8-7-22(33)28-24(31)34/h6,9,12-13,17,21,23H,1-5,7-8,10-11,14-16H2,(H,28,33,34)/t21-/m1/s1. The predicted molar refractivity (Wildman–Crippen MR) is 124 cm³/mol. The van der Waals surface area contributed by atoms with Crippen LogP contribution < -0.4 is 10.2 Å². The lowest BCUT2D eigenvalue weighted by Gasteiger charge is -2.43. The lowest BCUT2D eigenvalue weighted by molar-refractivity contribution is -0.120. The number of carbonyl (C=O) groups is 2. The number of aromatic nitrogens is 2. The molecule has 0 aromatic carbocycles. The van der Waals surface area contributed by atoms with Crippen molar-refractivity contribution in [2.24, 2.45) is 5.92 Å². The molecule has 0 unspecified atom stereocenters. The monoisotopic (exact) mass is 474 g/mol. The van der Waals surface area contributed by atoms with Crippen LogP contribution >= 0.6 is 0 Å². The van der Waals surface area contributed by atoms with Crippen molar-refractivity contribution in [2.75, 3.05) is 37.6 Å². The molecule has 10 heteroatoms. The first-order valence-corrected chi connectivity index (χ1v) is 12.3. The van der Waals surface area contributed by atoms with Crippen molar-refractivity contribution in [1.29, 1.82) is 0 Å². The van der Waals surface area contributed by atoms with Crippen LogP contribution in [0.4, 0.5) is 19.3 Å². The number of hydrogen-bond acceptors (Lipinski definition) is 5. The minimum atomic E-state index is -2.37. The number of piperazine rings is 1. The van der Waals surface area contributed by atoms with E-state index in [9.17, 15) is 18.4 Å². The Hall–Kier alpha value is -2.59. The summed E-state index contributed by atoms with van der Waals surface area (Å²) in [7, 11) is 0. The molecular weight excluding hydrogens is 442 g/mol. The van der Waals surface area contributed by atoms with Gasteiger partial charge in [-0.25, -0.2) is 18.1 Å². The molecule has 2 aromatic heterocycles. The molecule has 3 fully saturated rings. The van der Waals surface area contributed by atoms with E-state index in [-0.39, 0.29) is 12.3 Å². The molecule has 5 rings (SSSR count). The van der Waals surface area contributed by atoms with Crippen LogP contribution in [0.2, 0.25) is 0 Å². The number of rotatable bonds is 6. The number of carbonyl (C=O) groups excluding carboxylic acids is 2. The number of nitrogens with zero attached hydrogens (tertiary/aromatic N) is 5. The van der Waals surface area contributed by atoms with Gasteiger partial charge in [0.1, 0.15) is 0 Å². The number of halogens is 2. The van der Waals surface area contributed by atoms with Crippen LogP contribution in [0.3, 0.4) is 0 Å². The maximum atomic E-state index is 14.0. The Morgan fingerprint density at radius 1 is 1.12 bits per heavy atom. The fraction of sp³-hybridized carbons (Fsp3) is 0.625. The van der Waals surface area contributed by atoms with Gasteiger partial charge in [0, 0.05) is 51.9 Å². The number of hydrogen-bond donors (Lipinski definition) is 1. The number of anilines is 1. The van der Waals surface area contributed by atoms with Gasteiger partial charge >= 0.3 is 6.03 Å². The summed E-state index contributed by atoms with van der Waals surface area (Å²) in [4.78, 5) is 29.4. The van der Waals surface area contributed by atoms with E-state index >= 15 is 0 Å². The first kappa shape index (κ1) is 23.2. The average Bonchev–Trinajstić information content (AvgIpc) is 3.24. The van der Waals surface area contributed by atoms with E-state index in [0.29, 0.717) is 37.8 Å². The number of amides is 3. The molecule has 3 amide bonds. The zero-order chi connectivity index (χ0) is 23.7. The lowest BCUT2D eigenvalue weighted by Crippen LogP contribution is -2.56. The highest BCUT2D eigenvalue weighted by atomic mass is 19.3. The first-order valence-electron chi connectivity index (χ1n) is 12.3. The second kappa shape index (κ2) is 9.95. The number of imide groups is 1. The highest BCUT2D eigenvalue weighted by Crippen LogP contribution is 2.28. The van der Waals surface area contributed by atoms with Crippen LogP contribution in [-0.4, -0.2) is 76.5 Å². The maximum absolute atomic E-state index is 14.0. The fourth-order valence-corrected chi connectivity index (χ4v) is 5.59. The van der Waals surface area contributed by atoms with E-state index in [1.807, 2.05) is 23.2 Å². The number of alkyl halides is 2. The van der Waals surface area contributed by atoms with Gasteiger partial charge in [-0.3, -0.25) is 24.8 Å². The Morgan fingerprint density at radius 3 is 2.71 bits per heavy atom. The molecule has 8 nitrogen and oxygen atoms in total. The van der Waals surface area contributed by atoms with Gasteiger partial charge in [-0.15, -0.1) is 0 Å². The number of pyridine rings is 1. The van der Waals surface area contributed by atoms with Crippen molar-refractivity contribution in [2.45, 2.75) is 57.5 Å². The summed E-state index contributed by atoms with van der Waals surface area (Å²) >= 11 is 0. The van der Waals surface area contributed by atoms with E-state index in [2.05, 4.69) is 15.3 Å². The Morgan fingerprint density at radius 2 is 1.94 bits per heavy atom. The van der Waals surface area contributed by atoms with Crippen molar-refractivity contribution in [3.8, 4) is 0 Å². The van der Waals surface area contributed by atoms with Crippen molar-refractivity contribution in [3.63, 3.8) is 0 Å². The van der Waals surface area contributed by atoms with Gasteiger partial charge in [0.25, 0.3) is 6.43 Å². The molecular formula is C24H32F2N6O2. The van der Waals surface area contributed by atoms with E-state index in [1.165, 1.54) is 24.2 Å². The van der Waals surface area contributed by atoms with E-state index in [4.69, 9.17) is 0 Å². The van der Waals surface area contributed by atoms with Crippen molar-refractivity contribution in [1.82, 2.24) is 24.7 Å². The molecule has 4 heterocycles. The van der Waals surface area contributed by atoms with E-state index in [1.54, 1.807) is 10.7 Å². The molecule has 34 heavy (non-hydrogen) atoms. The molecule has 1 N–H and O–H groups in total. The smallest absolute Gasteiger partial charge is 0.296 e. The van der Waals surface area contributed by atoms with Crippen LogP contribution in [0.5, 0.6) is 0 Å². The first-order chi connectivity index (χ1) is 16.5. The second-order valence-corrected chi connectivity index (χ2v) is 9.79. The third-order valence-corrected chi connectivity index (χ3v) is 7.44. The third kappa shape index (κ3) is 4.93. The molecule has 3 aliphatic rings. The van der Waals surface area contributed by atoms with Crippen LogP contribution in [0.15, 0.2) is 24.5 Å². The normalized spacial score (nSPS) is 23.7. The van der Waals surface area contributed by atoms with Crippen LogP contribution in [-0.2, 0) is 11.3 Å². The van der Waals surface area contributed by atoms with E-state index < -0.39 is 18.5 Å². The molecule has 2 aliphatic heterocycles. The van der Waals surface area contributed by atoms with Gasteiger partial charge in [0.2, 0.25) is 5.91 Å². The predicted octanol–water partition coefficient (Wildman–Crippen LogP) is 3.11. The molecule has 0 bridgehead atoms. The van der Waals surface area contributed by atoms with Crippen LogP contribution in [0, 0.1) is 5.92 Å². The highest BCUT2D eigenvalue weighted by molar-refractivity contribution is 6.07. The Labute approximate surface area is 197 Å². The molecule has 2 aromatic rings. The van der Waals surface area contributed by atoms with Gasteiger partial charge in [-0.05, 0) is 36.5 Å². The zero-order valence-electron chi connectivity index (χ0n) is 19.3. The summed E-state index contributed by atoms with van der Waals surface area (Å²) < 4.78 is 29.6. The minimum absolute atomic E-state index is 0.239. The summed E-state index contributed by atoms with van der Waals surface area (Å²) in [6.07, 6.45) is 7.35. The lowest BCUT2D eigenvalue weighted by atomic mass is 9.88. The maximum Gasteiger partial charge on any atom is 0.328 e. The number of nitrogens with one attached hydrogen (secondary N) is 1.